The van der Waals surface area contributed by atoms with E-state index in [1.807, 2.05) is 84.9 Å². The van der Waals surface area contributed by atoms with Gasteiger partial charge in [-0.3, -0.25) is 0 Å². The number of hydrogen-bond acceptors (Lipinski definition) is 6. The maximum atomic E-state index is 11.3. The minimum absolute atomic E-state index is 0.478. The zero-order valence-electron chi connectivity index (χ0n) is 58.5. The van der Waals surface area contributed by atoms with Crippen molar-refractivity contribution in [2.24, 2.45) is 0 Å². The van der Waals surface area contributed by atoms with Crippen LogP contribution < -0.4 is 0 Å². The molecule has 0 saturated heterocycles. The smallest absolute Gasteiger partial charge is 0.164 e. The number of fused-ring (bicyclic) bond motifs is 12. The third-order valence-electron chi connectivity index (χ3n) is 21.1. The lowest BCUT2D eigenvalue weighted by Gasteiger charge is -2.13. The van der Waals surface area contributed by atoms with Gasteiger partial charge in [0.1, 0.15) is 6.07 Å². The molecule has 0 bridgehead atoms. The highest BCUT2D eigenvalue weighted by Gasteiger charge is 2.24. The van der Waals surface area contributed by atoms with Gasteiger partial charge in [-0.05, 0) is 177 Å². The number of rotatable bonds is 11. The second-order valence-corrected chi connectivity index (χ2v) is 27.8. The molecule has 20 rings (SSSR count). The summed E-state index contributed by atoms with van der Waals surface area (Å²) >= 11 is 0. The Labute approximate surface area is 611 Å². The van der Waals surface area contributed by atoms with Crippen molar-refractivity contribution in [3.05, 3.63) is 343 Å². The van der Waals surface area contributed by atoms with Crippen molar-refractivity contribution >= 4 is 87.2 Å². The predicted molar refractivity (Wildman–Crippen MR) is 434 cm³/mol. The van der Waals surface area contributed by atoms with E-state index < -0.39 is 0 Å². The fraction of sp³-hybridized carbons (Fsp3) is 0.0417. The molecule has 6 heterocycles. The lowest BCUT2D eigenvalue weighted by atomic mass is 10.00. The Kier molecular flexibility index (Phi) is 14.3. The van der Waals surface area contributed by atoms with Crippen molar-refractivity contribution in [2.75, 3.05) is 0 Å². The van der Waals surface area contributed by atoms with Gasteiger partial charge in [0.25, 0.3) is 0 Å². The molecular weight excluding hydrogens is 1290 g/mol. The molecule has 0 saturated carbocycles. The van der Waals surface area contributed by atoms with Crippen LogP contribution in [0.5, 0.6) is 0 Å². The summed E-state index contributed by atoms with van der Waals surface area (Å²) in [5.74, 6) is 2.25. The first-order valence-electron chi connectivity index (χ1n) is 35.8. The van der Waals surface area contributed by atoms with Crippen LogP contribution >= 0.6 is 0 Å². The summed E-state index contributed by atoms with van der Waals surface area (Å²) in [6.07, 6.45) is 0. The van der Waals surface area contributed by atoms with Crippen LogP contribution in [0.4, 0.5) is 0 Å². The van der Waals surface area contributed by atoms with E-state index in [0.29, 0.717) is 34.4 Å². The number of benzene rings is 14. The Balaban J connectivity index is 0.687. The zero-order valence-corrected chi connectivity index (χ0v) is 58.5. The summed E-state index contributed by atoms with van der Waals surface area (Å²) in [6.45, 7) is 8.82. The molecule has 0 spiro atoms. The Bertz CT molecular complexity index is 6860. The monoisotopic (exact) mass is 1360 g/mol. The van der Waals surface area contributed by atoms with Gasteiger partial charge in [0.05, 0.1) is 66.8 Å². The highest BCUT2D eigenvalue weighted by Crippen LogP contribution is 2.44. The number of aromatic nitrogens is 9. The largest absolute Gasteiger partial charge is 0.309 e. The van der Waals surface area contributed by atoms with Gasteiger partial charge >= 0.3 is 0 Å². The van der Waals surface area contributed by atoms with E-state index >= 15 is 0 Å². The van der Waals surface area contributed by atoms with E-state index in [9.17, 15) is 5.26 Å². The minimum atomic E-state index is 0.478. The van der Waals surface area contributed by atoms with Crippen LogP contribution in [0.25, 0.3) is 189 Å². The molecule has 10 nitrogen and oxygen atoms in total. The van der Waals surface area contributed by atoms with Crippen LogP contribution in [0.3, 0.4) is 0 Å². The molecular formula is C96H64N10. The molecule has 20 aromatic rings. The Morgan fingerprint density at radius 2 is 0.613 bits per heavy atom. The van der Waals surface area contributed by atoms with Crippen molar-refractivity contribution in [2.45, 2.75) is 27.7 Å². The molecule has 0 fully saturated rings. The van der Waals surface area contributed by atoms with E-state index in [4.69, 9.17) is 24.9 Å². The third kappa shape index (κ3) is 10.1. The molecule has 0 atom stereocenters. The highest BCUT2D eigenvalue weighted by molar-refractivity contribution is 6.15. The van der Waals surface area contributed by atoms with E-state index in [1.165, 1.54) is 54.8 Å². The van der Waals surface area contributed by atoms with E-state index in [1.54, 1.807) is 0 Å². The quantitative estimate of drug-likeness (QED) is 0.128. The van der Waals surface area contributed by atoms with Gasteiger partial charge in [0, 0.05) is 93.5 Å². The second kappa shape index (κ2) is 24.6. The van der Waals surface area contributed by atoms with Crippen molar-refractivity contribution in [3.8, 4) is 108 Å². The minimum Gasteiger partial charge on any atom is -0.309 e. The Morgan fingerprint density at radius 3 is 1.13 bits per heavy atom. The molecule has 0 radical (unpaired) electrons. The summed E-state index contributed by atoms with van der Waals surface area (Å²) in [4.78, 5) is 25.6. The molecule has 0 aliphatic rings. The second-order valence-electron chi connectivity index (χ2n) is 27.8. The Hall–Kier alpha value is -14.1. The molecule has 6 aromatic heterocycles. The van der Waals surface area contributed by atoms with Gasteiger partial charge in [-0.25, -0.2) is 24.9 Å². The standard InChI is InChI=1S/C96H64N10/c1-58-48-60(3)91-80(50-58)81-51-59(2)49-61(4)92(81)105(91)71-40-36-67(37-41-71)93-98-82(63-20-8-5-9-21-63)56-83(99-93)64-34-32-62(33-35-64)68-38-45-88-77(53-68)76-28-16-19-31-87(76)104(88)73-43-47-90-79(55-73)78-54-72(103-85-29-17-14-26-74(85)75-27-15-18-30-86(75)103)42-46-89(78)106(90)84-44-39-69(52-70(84)57-97)96-101-94(65-22-10-6-11-23-65)100-95(102-96)66-24-12-7-13-25-66/h5-56H,1-4H3. The first kappa shape index (κ1) is 61.7. The van der Waals surface area contributed by atoms with Crippen LogP contribution in [-0.2, 0) is 0 Å². The number of para-hydroxylation sites is 3. The van der Waals surface area contributed by atoms with Crippen LogP contribution in [0.2, 0.25) is 0 Å². The number of hydrogen-bond donors (Lipinski definition) is 0. The maximum absolute atomic E-state index is 11.3. The molecule has 0 unspecified atom stereocenters. The average Bonchev–Trinajstić information content (AvgIpc) is 1.57. The normalized spacial score (nSPS) is 11.8. The summed E-state index contributed by atoms with van der Waals surface area (Å²) in [5, 5.41) is 20.7. The highest BCUT2D eigenvalue weighted by atomic mass is 15.0. The zero-order chi connectivity index (χ0) is 70.8. The van der Waals surface area contributed by atoms with Gasteiger partial charge in [0.15, 0.2) is 23.3 Å². The predicted octanol–water partition coefficient (Wildman–Crippen LogP) is 23.8. The molecule has 0 aliphatic heterocycles. The maximum Gasteiger partial charge on any atom is 0.164 e. The fourth-order valence-electron chi connectivity index (χ4n) is 16.4. The van der Waals surface area contributed by atoms with Crippen LogP contribution in [0.1, 0.15) is 27.8 Å². The lowest BCUT2D eigenvalue weighted by Crippen LogP contribution is -2.02. The topological polar surface area (TPSA) is 108 Å². The molecule has 0 aliphatic carbocycles. The van der Waals surface area contributed by atoms with E-state index in [0.717, 1.165) is 128 Å². The molecule has 14 aromatic carbocycles. The first-order chi connectivity index (χ1) is 52.1. The first-order valence-corrected chi connectivity index (χ1v) is 35.8. The number of nitriles is 1. The van der Waals surface area contributed by atoms with E-state index in [-0.39, 0.29) is 0 Å². The number of nitrogens with zero attached hydrogens (tertiary/aromatic N) is 10. The third-order valence-corrected chi connectivity index (χ3v) is 21.1. The van der Waals surface area contributed by atoms with Crippen molar-refractivity contribution < 1.29 is 0 Å². The molecule has 0 N–H and O–H groups in total. The van der Waals surface area contributed by atoms with Crippen LogP contribution in [0, 0.1) is 39.0 Å². The van der Waals surface area contributed by atoms with Crippen molar-refractivity contribution in [1.29, 1.82) is 5.26 Å². The fourth-order valence-corrected chi connectivity index (χ4v) is 16.4. The lowest BCUT2D eigenvalue weighted by molar-refractivity contribution is 1.07. The summed E-state index contributed by atoms with van der Waals surface area (Å²) in [6, 6.07) is 114. The van der Waals surface area contributed by atoms with E-state index in [2.05, 4.69) is 283 Å². The SMILES string of the molecule is Cc1cc(C)c2c(c1)c1cc(C)cc(C)c1n2-c1ccc(-c2nc(-c3ccccc3)cc(-c3ccc(-c4ccc5c(c4)c4ccccc4n5-c4ccc5c(c4)c4cc(-n6c7ccccc7c7ccccc76)ccc4n5-c4ccc(-c5nc(-c6ccccc6)nc(-c6ccccc6)n5)cc4C#N)cc3)n2)cc1. The Morgan fingerprint density at radius 1 is 0.245 bits per heavy atom. The van der Waals surface area contributed by atoms with Gasteiger partial charge in [-0.2, -0.15) is 5.26 Å². The van der Waals surface area contributed by atoms with Crippen LogP contribution in [0.15, 0.2) is 315 Å². The van der Waals surface area contributed by atoms with Gasteiger partial charge in [0.2, 0.25) is 0 Å². The van der Waals surface area contributed by atoms with Gasteiger partial charge < -0.3 is 18.3 Å². The number of aryl methyl sites for hydroxylation is 4. The average molecular weight is 1360 g/mol. The van der Waals surface area contributed by atoms with Crippen molar-refractivity contribution in [3.63, 3.8) is 0 Å². The summed E-state index contributed by atoms with van der Waals surface area (Å²) in [7, 11) is 0. The molecule has 106 heavy (non-hydrogen) atoms. The summed E-state index contributed by atoms with van der Waals surface area (Å²) < 4.78 is 9.45. The summed E-state index contributed by atoms with van der Waals surface area (Å²) in [5.41, 5.74) is 27.5. The van der Waals surface area contributed by atoms with Gasteiger partial charge in [-0.1, -0.05) is 199 Å². The van der Waals surface area contributed by atoms with Crippen molar-refractivity contribution in [1.82, 2.24) is 43.2 Å². The molecule has 0 amide bonds. The molecule has 498 valence electrons. The van der Waals surface area contributed by atoms with Crippen LogP contribution in [-0.4, -0.2) is 43.2 Å². The molecule has 10 heteroatoms. The van der Waals surface area contributed by atoms with Gasteiger partial charge in [-0.15, -0.1) is 0 Å².